The normalized spacial score (nSPS) is 11.2. The van der Waals surface area contributed by atoms with Crippen LogP contribution in [0.2, 0.25) is 5.02 Å². The fraction of sp³-hybridized carbons (Fsp3) is 0.0833. The van der Waals surface area contributed by atoms with Crippen molar-refractivity contribution in [2.24, 2.45) is 5.10 Å². The van der Waals surface area contributed by atoms with Gasteiger partial charge in [-0.3, -0.25) is 14.9 Å². The molecule has 8 heteroatoms. The molecule has 1 N–H and O–H groups in total. The minimum absolute atomic E-state index is 0.153. The average molecular weight is 447 g/mol. The summed E-state index contributed by atoms with van der Waals surface area (Å²) in [6.07, 6.45) is 1.59. The van der Waals surface area contributed by atoms with E-state index in [1.807, 2.05) is 55.5 Å². The Labute approximate surface area is 189 Å². The largest absolute Gasteiger partial charge is 0.340 e. The Bertz CT molecular complexity index is 1360. The van der Waals surface area contributed by atoms with E-state index in [1.54, 1.807) is 6.21 Å². The van der Waals surface area contributed by atoms with Crippen molar-refractivity contribution in [3.05, 3.63) is 110 Å². The molecule has 1 aromatic heterocycles. The average Bonchev–Trinajstić information content (AvgIpc) is 3.06. The zero-order valence-electron chi connectivity index (χ0n) is 17.2. The molecule has 0 aliphatic rings. The first-order valence-corrected chi connectivity index (χ1v) is 10.2. The van der Waals surface area contributed by atoms with E-state index in [2.05, 4.69) is 15.1 Å². The van der Waals surface area contributed by atoms with Crippen molar-refractivity contribution in [2.75, 3.05) is 0 Å². The molecule has 7 nitrogen and oxygen atoms in total. The summed E-state index contributed by atoms with van der Waals surface area (Å²) in [6, 6.07) is 21.1. The first kappa shape index (κ1) is 21.3. The van der Waals surface area contributed by atoms with Gasteiger partial charge in [-0.1, -0.05) is 54.1 Å². The second-order valence-corrected chi connectivity index (χ2v) is 7.61. The van der Waals surface area contributed by atoms with Crippen molar-refractivity contribution in [1.82, 2.24) is 9.99 Å². The molecule has 0 saturated carbocycles. The number of benzene rings is 3. The van der Waals surface area contributed by atoms with Crippen molar-refractivity contribution in [3.8, 4) is 0 Å². The highest BCUT2D eigenvalue weighted by atomic mass is 35.5. The Balaban J connectivity index is 1.62. The molecule has 0 saturated heterocycles. The molecular formula is C24H19ClN4O3. The third kappa shape index (κ3) is 4.24. The van der Waals surface area contributed by atoms with Crippen LogP contribution in [0.4, 0.5) is 5.69 Å². The maximum atomic E-state index is 12.4. The molecule has 1 amide bonds. The first-order valence-electron chi connectivity index (χ1n) is 9.85. The molecule has 4 rings (SSSR count). The molecule has 0 bridgehead atoms. The van der Waals surface area contributed by atoms with Gasteiger partial charge in [0.25, 0.3) is 11.6 Å². The number of nitrogens with zero attached hydrogens (tertiary/aromatic N) is 3. The molecule has 0 spiro atoms. The van der Waals surface area contributed by atoms with Crippen molar-refractivity contribution < 1.29 is 9.72 Å². The lowest BCUT2D eigenvalue weighted by Gasteiger charge is -2.10. The molecule has 0 fully saturated rings. The van der Waals surface area contributed by atoms with Gasteiger partial charge in [0.2, 0.25) is 0 Å². The molecular weight excluding hydrogens is 428 g/mol. The molecule has 32 heavy (non-hydrogen) atoms. The fourth-order valence-electron chi connectivity index (χ4n) is 3.60. The van der Waals surface area contributed by atoms with E-state index in [9.17, 15) is 14.9 Å². The van der Waals surface area contributed by atoms with Crippen LogP contribution >= 0.6 is 11.6 Å². The van der Waals surface area contributed by atoms with Crippen LogP contribution in [-0.2, 0) is 6.54 Å². The first-order chi connectivity index (χ1) is 15.5. The number of carbonyl (C=O) groups is 1. The maximum Gasteiger partial charge on any atom is 0.271 e. The molecule has 0 aliphatic carbocycles. The van der Waals surface area contributed by atoms with Gasteiger partial charge in [0.1, 0.15) is 0 Å². The van der Waals surface area contributed by atoms with Gasteiger partial charge >= 0.3 is 0 Å². The van der Waals surface area contributed by atoms with E-state index < -0.39 is 10.8 Å². The molecule has 160 valence electrons. The van der Waals surface area contributed by atoms with Crippen LogP contribution in [0, 0.1) is 17.0 Å². The van der Waals surface area contributed by atoms with E-state index in [4.69, 9.17) is 11.6 Å². The van der Waals surface area contributed by atoms with Crippen LogP contribution in [0.15, 0.2) is 77.9 Å². The summed E-state index contributed by atoms with van der Waals surface area (Å²) < 4.78 is 2.15. The Morgan fingerprint density at radius 3 is 2.66 bits per heavy atom. The SMILES string of the molecule is Cc1c(/C=N/NC(=O)c2cccc([N+](=O)[O-])c2)c2ccccc2n1Cc1ccccc1Cl. The zero-order valence-corrected chi connectivity index (χ0v) is 17.9. The highest BCUT2D eigenvalue weighted by Crippen LogP contribution is 2.27. The van der Waals surface area contributed by atoms with Crippen molar-refractivity contribution in [3.63, 3.8) is 0 Å². The summed E-state index contributed by atoms with van der Waals surface area (Å²) in [4.78, 5) is 22.8. The Morgan fingerprint density at radius 1 is 1.12 bits per heavy atom. The van der Waals surface area contributed by atoms with Gasteiger partial charge in [-0.05, 0) is 30.7 Å². The molecule has 1 heterocycles. The maximum absolute atomic E-state index is 12.4. The van der Waals surface area contributed by atoms with Gasteiger partial charge < -0.3 is 4.57 Å². The summed E-state index contributed by atoms with van der Waals surface area (Å²) >= 11 is 6.36. The molecule has 0 radical (unpaired) electrons. The van der Waals surface area contributed by atoms with Crippen LogP contribution in [-0.4, -0.2) is 21.6 Å². The molecule has 3 aromatic carbocycles. The number of non-ortho nitro benzene ring substituents is 1. The summed E-state index contributed by atoms with van der Waals surface area (Å²) in [7, 11) is 0. The Hall–Kier alpha value is -3.97. The monoisotopic (exact) mass is 446 g/mol. The minimum Gasteiger partial charge on any atom is -0.340 e. The number of rotatable bonds is 6. The number of nitro benzene ring substituents is 1. The standard InChI is InChI=1S/C24H19ClN4O3/c1-16-21(14-26-27-24(30)17-8-6-9-19(13-17)29(31)32)20-10-3-5-12-23(20)28(16)15-18-7-2-4-11-22(18)25/h2-14H,15H2,1H3,(H,27,30)/b26-14+. The van der Waals surface area contributed by atoms with Crippen molar-refractivity contribution >= 4 is 40.3 Å². The van der Waals surface area contributed by atoms with Crippen LogP contribution in [0.5, 0.6) is 0 Å². The summed E-state index contributed by atoms with van der Waals surface area (Å²) in [6.45, 7) is 2.58. The lowest BCUT2D eigenvalue weighted by Crippen LogP contribution is -2.17. The second kappa shape index (κ2) is 9.03. The smallest absolute Gasteiger partial charge is 0.271 e. The van der Waals surface area contributed by atoms with Gasteiger partial charge in [-0.2, -0.15) is 5.10 Å². The van der Waals surface area contributed by atoms with Gasteiger partial charge in [-0.15, -0.1) is 0 Å². The van der Waals surface area contributed by atoms with Gasteiger partial charge in [-0.25, -0.2) is 5.43 Å². The van der Waals surface area contributed by atoms with Gasteiger partial charge in [0, 0.05) is 51.4 Å². The molecule has 4 aromatic rings. The number of halogens is 1. The Kier molecular flexibility index (Phi) is 6.00. The van der Waals surface area contributed by atoms with Crippen LogP contribution in [0.3, 0.4) is 0 Å². The second-order valence-electron chi connectivity index (χ2n) is 7.20. The Morgan fingerprint density at radius 2 is 1.88 bits per heavy atom. The number of nitrogens with one attached hydrogen (secondary N) is 1. The quantitative estimate of drug-likeness (QED) is 0.247. The van der Waals surface area contributed by atoms with Crippen LogP contribution in [0.1, 0.15) is 27.2 Å². The summed E-state index contributed by atoms with van der Waals surface area (Å²) in [5.41, 5.74) is 6.32. The third-order valence-electron chi connectivity index (χ3n) is 5.24. The lowest BCUT2D eigenvalue weighted by molar-refractivity contribution is -0.384. The summed E-state index contributed by atoms with van der Waals surface area (Å²) in [5.74, 6) is -0.526. The molecule has 0 unspecified atom stereocenters. The molecule has 0 aliphatic heterocycles. The van der Waals surface area contributed by atoms with E-state index in [0.717, 1.165) is 27.7 Å². The zero-order chi connectivity index (χ0) is 22.7. The third-order valence-corrected chi connectivity index (χ3v) is 5.61. The predicted octanol–water partition coefficient (Wildman–Crippen LogP) is 5.32. The number of hydrazone groups is 1. The van der Waals surface area contributed by atoms with Gasteiger partial charge in [0.15, 0.2) is 0 Å². The number of hydrogen-bond acceptors (Lipinski definition) is 4. The minimum atomic E-state index is -0.544. The van der Waals surface area contributed by atoms with E-state index in [0.29, 0.717) is 11.6 Å². The topological polar surface area (TPSA) is 89.5 Å². The number of carbonyl (C=O) groups excluding carboxylic acids is 1. The fourth-order valence-corrected chi connectivity index (χ4v) is 3.80. The number of fused-ring (bicyclic) bond motifs is 1. The van der Waals surface area contributed by atoms with Gasteiger partial charge in [0.05, 0.1) is 11.1 Å². The van der Waals surface area contributed by atoms with E-state index in [1.165, 1.54) is 24.3 Å². The van der Waals surface area contributed by atoms with Crippen molar-refractivity contribution in [2.45, 2.75) is 13.5 Å². The highest BCUT2D eigenvalue weighted by Gasteiger charge is 2.14. The number of aromatic nitrogens is 1. The number of para-hydroxylation sites is 1. The van der Waals surface area contributed by atoms with Crippen LogP contribution in [0.25, 0.3) is 10.9 Å². The lowest BCUT2D eigenvalue weighted by atomic mass is 10.1. The number of hydrogen-bond donors (Lipinski definition) is 1. The summed E-state index contributed by atoms with van der Waals surface area (Å²) in [5, 5.41) is 16.7. The highest BCUT2D eigenvalue weighted by molar-refractivity contribution is 6.31. The molecule has 0 atom stereocenters. The van der Waals surface area contributed by atoms with E-state index >= 15 is 0 Å². The van der Waals surface area contributed by atoms with Crippen molar-refractivity contribution in [1.29, 1.82) is 0 Å². The van der Waals surface area contributed by atoms with Crippen LogP contribution < -0.4 is 5.43 Å². The predicted molar refractivity (Wildman–Crippen MR) is 125 cm³/mol. The number of nitro groups is 1. The van der Waals surface area contributed by atoms with E-state index in [-0.39, 0.29) is 11.3 Å². The number of amides is 1.